The number of para-hydroxylation sites is 1. The summed E-state index contributed by atoms with van der Waals surface area (Å²) in [5, 5.41) is 13.4. The maximum atomic E-state index is 13.4. The number of hydrogen-bond acceptors (Lipinski definition) is 5. The Morgan fingerprint density at radius 2 is 1.70 bits per heavy atom. The molecule has 0 aliphatic carbocycles. The van der Waals surface area contributed by atoms with Gasteiger partial charge >= 0.3 is 5.97 Å². The fourth-order valence-electron chi connectivity index (χ4n) is 5.59. The molecule has 3 heterocycles. The zero-order chi connectivity index (χ0) is 26.7. The highest BCUT2D eigenvalue weighted by Crippen LogP contribution is 2.24. The topological polar surface area (TPSA) is 149 Å². The maximum absolute atomic E-state index is 13.4. The third-order valence-electron chi connectivity index (χ3n) is 7.41. The zero-order valence-corrected chi connectivity index (χ0v) is 21.5. The number of likely N-dealkylation sites (tertiary alicyclic amines) is 2. The molecule has 4 unspecified atom stereocenters. The molecule has 4 atom stereocenters. The molecular weight excluding hydrogens is 474 g/mol. The number of hydrogen-bond donors (Lipinski definition) is 4. The van der Waals surface area contributed by atoms with E-state index in [1.807, 2.05) is 44.3 Å². The lowest BCUT2D eigenvalue weighted by atomic mass is 10.0. The first-order valence-corrected chi connectivity index (χ1v) is 13.1. The largest absolute Gasteiger partial charge is 0.480 e. The van der Waals surface area contributed by atoms with Crippen LogP contribution in [0.3, 0.4) is 0 Å². The van der Waals surface area contributed by atoms with E-state index in [9.17, 15) is 24.3 Å². The Bertz CT molecular complexity index is 1160. The summed E-state index contributed by atoms with van der Waals surface area (Å²) in [6.07, 6.45) is 4.76. The molecule has 1 aromatic carbocycles. The third-order valence-corrected chi connectivity index (χ3v) is 7.41. The third kappa shape index (κ3) is 5.79. The molecule has 200 valence electrons. The van der Waals surface area contributed by atoms with Crippen molar-refractivity contribution in [2.45, 2.75) is 76.5 Å². The average molecular weight is 512 g/mol. The van der Waals surface area contributed by atoms with Gasteiger partial charge in [-0.25, -0.2) is 4.79 Å². The number of carboxylic acid groups (broad SMARTS) is 1. The molecule has 5 N–H and O–H groups in total. The number of amides is 3. The molecule has 2 aromatic rings. The summed E-state index contributed by atoms with van der Waals surface area (Å²) in [5.74, 6) is -1.99. The van der Waals surface area contributed by atoms with Gasteiger partial charge in [0.2, 0.25) is 17.7 Å². The highest BCUT2D eigenvalue weighted by atomic mass is 16.4. The van der Waals surface area contributed by atoms with Crippen molar-refractivity contribution in [2.75, 3.05) is 13.1 Å². The predicted molar refractivity (Wildman–Crippen MR) is 138 cm³/mol. The second-order valence-electron chi connectivity index (χ2n) is 10.6. The molecule has 0 bridgehead atoms. The summed E-state index contributed by atoms with van der Waals surface area (Å²) in [4.78, 5) is 57.7. The molecule has 0 spiro atoms. The maximum Gasteiger partial charge on any atom is 0.326 e. The van der Waals surface area contributed by atoms with E-state index in [1.165, 1.54) is 9.80 Å². The Morgan fingerprint density at radius 3 is 2.38 bits per heavy atom. The van der Waals surface area contributed by atoms with Crippen LogP contribution in [0, 0.1) is 5.92 Å². The van der Waals surface area contributed by atoms with Gasteiger partial charge in [0.1, 0.15) is 18.1 Å². The van der Waals surface area contributed by atoms with Crippen LogP contribution >= 0.6 is 0 Å². The number of carbonyl (C=O) groups excluding carboxylic acids is 3. The highest BCUT2D eigenvalue weighted by molar-refractivity contribution is 5.95. The van der Waals surface area contributed by atoms with Crippen LogP contribution in [0.15, 0.2) is 30.5 Å². The first kappa shape index (κ1) is 26.7. The lowest BCUT2D eigenvalue weighted by molar-refractivity contribution is -0.150. The summed E-state index contributed by atoms with van der Waals surface area (Å²) in [6, 6.07) is 4.58. The number of H-pyrrole nitrogens is 1. The fourth-order valence-corrected chi connectivity index (χ4v) is 5.59. The smallest absolute Gasteiger partial charge is 0.326 e. The van der Waals surface area contributed by atoms with E-state index in [0.717, 1.165) is 16.5 Å². The number of aromatic amines is 1. The molecule has 1 aromatic heterocycles. The zero-order valence-electron chi connectivity index (χ0n) is 21.5. The van der Waals surface area contributed by atoms with Gasteiger partial charge < -0.3 is 30.9 Å². The minimum absolute atomic E-state index is 0.103. The van der Waals surface area contributed by atoms with Crippen LogP contribution in [0.4, 0.5) is 0 Å². The van der Waals surface area contributed by atoms with E-state index < -0.39 is 36.0 Å². The highest BCUT2D eigenvalue weighted by Gasteiger charge is 2.41. The van der Waals surface area contributed by atoms with Gasteiger partial charge in [0.05, 0.1) is 6.04 Å². The number of aromatic nitrogens is 1. The summed E-state index contributed by atoms with van der Waals surface area (Å²) in [5.41, 5.74) is 8.24. The number of nitrogens with one attached hydrogen (secondary N) is 2. The molecule has 2 aliphatic heterocycles. The van der Waals surface area contributed by atoms with Gasteiger partial charge in [0.25, 0.3) is 0 Å². The quantitative estimate of drug-likeness (QED) is 0.402. The molecule has 0 radical (unpaired) electrons. The van der Waals surface area contributed by atoms with Crippen molar-refractivity contribution in [3.63, 3.8) is 0 Å². The number of carboxylic acids is 1. The van der Waals surface area contributed by atoms with Crippen LogP contribution < -0.4 is 11.1 Å². The van der Waals surface area contributed by atoms with Crippen molar-refractivity contribution in [3.8, 4) is 0 Å². The Hall–Kier alpha value is -3.40. The lowest BCUT2D eigenvalue weighted by Crippen LogP contribution is -2.57. The second-order valence-corrected chi connectivity index (χ2v) is 10.6. The number of aliphatic carboxylic acids is 1. The van der Waals surface area contributed by atoms with E-state index in [2.05, 4.69) is 10.3 Å². The number of fused-ring (bicyclic) bond motifs is 1. The van der Waals surface area contributed by atoms with E-state index >= 15 is 0 Å². The van der Waals surface area contributed by atoms with Crippen LogP contribution in [-0.4, -0.2) is 80.8 Å². The number of benzene rings is 1. The van der Waals surface area contributed by atoms with Gasteiger partial charge in [-0.3, -0.25) is 14.4 Å². The molecule has 10 heteroatoms. The minimum atomic E-state index is -1.03. The van der Waals surface area contributed by atoms with Crippen LogP contribution in [0.1, 0.15) is 51.5 Å². The van der Waals surface area contributed by atoms with Crippen LogP contribution in [0.25, 0.3) is 10.9 Å². The first-order chi connectivity index (χ1) is 17.7. The summed E-state index contributed by atoms with van der Waals surface area (Å²) >= 11 is 0. The lowest BCUT2D eigenvalue weighted by Gasteiger charge is -2.31. The van der Waals surface area contributed by atoms with Crippen molar-refractivity contribution in [3.05, 3.63) is 36.0 Å². The van der Waals surface area contributed by atoms with Gasteiger partial charge in [-0.15, -0.1) is 0 Å². The second kappa shape index (κ2) is 11.3. The van der Waals surface area contributed by atoms with Crippen molar-refractivity contribution in [1.82, 2.24) is 20.1 Å². The normalized spacial score (nSPS) is 21.4. The molecule has 0 saturated carbocycles. The van der Waals surface area contributed by atoms with E-state index in [0.29, 0.717) is 51.6 Å². The van der Waals surface area contributed by atoms with Crippen molar-refractivity contribution in [2.24, 2.45) is 11.7 Å². The molecule has 10 nitrogen and oxygen atoms in total. The van der Waals surface area contributed by atoms with Crippen molar-refractivity contribution in [1.29, 1.82) is 0 Å². The monoisotopic (exact) mass is 511 g/mol. The standard InChI is InChI=1S/C27H37N5O5/c1-16(2)13-21(26(35)32-12-6-10-23(32)27(36)37)30-24(33)22-9-5-11-31(22)25(34)19(28)14-17-15-29-20-8-4-3-7-18(17)20/h3-4,7-8,15-16,19,21-23,29H,5-6,9-14,28H2,1-2H3,(H,30,33)(H,36,37). The van der Waals surface area contributed by atoms with Crippen LogP contribution in [0.5, 0.6) is 0 Å². The van der Waals surface area contributed by atoms with E-state index in [1.54, 1.807) is 0 Å². The number of carbonyl (C=O) groups is 4. The van der Waals surface area contributed by atoms with Gasteiger partial charge in [0, 0.05) is 30.2 Å². The summed E-state index contributed by atoms with van der Waals surface area (Å²) in [6.45, 7) is 4.67. The molecular formula is C27H37N5O5. The SMILES string of the molecule is CC(C)CC(NC(=O)C1CCCN1C(=O)C(N)Cc1c[nH]c2ccccc12)C(=O)N1CCCC1C(=O)O. The minimum Gasteiger partial charge on any atom is -0.480 e. The van der Waals surface area contributed by atoms with Gasteiger partial charge in [-0.05, 0) is 56.1 Å². The van der Waals surface area contributed by atoms with Crippen molar-refractivity contribution >= 4 is 34.6 Å². The number of rotatable bonds is 9. The Kier molecular flexibility index (Phi) is 8.16. The molecule has 2 saturated heterocycles. The molecule has 2 fully saturated rings. The number of nitrogens with two attached hydrogens (primary N) is 1. The fraction of sp³-hybridized carbons (Fsp3) is 0.556. The van der Waals surface area contributed by atoms with E-state index in [-0.39, 0.29) is 17.7 Å². The molecule has 37 heavy (non-hydrogen) atoms. The summed E-state index contributed by atoms with van der Waals surface area (Å²) < 4.78 is 0. The first-order valence-electron chi connectivity index (χ1n) is 13.1. The predicted octanol–water partition coefficient (Wildman–Crippen LogP) is 1.64. The van der Waals surface area contributed by atoms with Crippen LogP contribution in [0.2, 0.25) is 0 Å². The molecule has 2 aliphatic rings. The van der Waals surface area contributed by atoms with Crippen LogP contribution in [-0.2, 0) is 25.6 Å². The summed E-state index contributed by atoms with van der Waals surface area (Å²) in [7, 11) is 0. The Balaban J connectivity index is 1.44. The van der Waals surface area contributed by atoms with Crippen molar-refractivity contribution < 1.29 is 24.3 Å². The Labute approximate surface area is 216 Å². The van der Waals surface area contributed by atoms with Gasteiger partial charge in [0.15, 0.2) is 0 Å². The Morgan fingerprint density at radius 1 is 1.05 bits per heavy atom. The van der Waals surface area contributed by atoms with E-state index in [4.69, 9.17) is 5.73 Å². The van der Waals surface area contributed by atoms with Gasteiger partial charge in [-0.2, -0.15) is 0 Å². The average Bonchev–Trinajstić information content (AvgIpc) is 3.62. The van der Waals surface area contributed by atoms with Gasteiger partial charge in [-0.1, -0.05) is 32.0 Å². The molecule has 3 amide bonds. The molecule has 4 rings (SSSR count). The number of nitrogens with zero attached hydrogens (tertiary/aromatic N) is 2.